The Balaban J connectivity index is 2.25. The molecule has 0 atom stereocenters. The van der Waals surface area contributed by atoms with E-state index in [4.69, 9.17) is 11.6 Å². The minimum atomic E-state index is -0.563. The molecule has 2 aromatic rings. The standard InChI is InChI=1S/C15H18ClN5O3/c1-3-21-9-17-7-10(21)8-18-14-11(19-13(22)6-16)4-5-12(20-14)15(23)24-2/h4-5,7,9H,3,6,8H2,1-2H3,(H,18,20)(H,19,22). The van der Waals surface area contributed by atoms with Crippen LogP contribution in [0.1, 0.15) is 23.1 Å². The Kier molecular flexibility index (Phi) is 6.14. The molecule has 0 fully saturated rings. The van der Waals surface area contributed by atoms with Gasteiger partial charge in [-0.25, -0.2) is 14.8 Å². The molecule has 2 N–H and O–H groups in total. The van der Waals surface area contributed by atoms with E-state index in [9.17, 15) is 9.59 Å². The van der Waals surface area contributed by atoms with Crippen LogP contribution in [0.15, 0.2) is 24.7 Å². The lowest BCUT2D eigenvalue weighted by Crippen LogP contribution is -2.17. The second-order valence-electron chi connectivity index (χ2n) is 4.79. The van der Waals surface area contributed by atoms with Gasteiger partial charge >= 0.3 is 5.97 Å². The van der Waals surface area contributed by atoms with E-state index in [1.54, 1.807) is 18.6 Å². The van der Waals surface area contributed by atoms with E-state index >= 15 is 0 Å². The number of anilines is 2. The average Bonchev–Trinajstić information content (AvgIpc) is 3.07. The number of nitrogens with one attached hydrogen (secondary N) is 2. The Morgan fingerprint density at radius 3 is 2.83 bits per heavy atom. The van der Waals surface area contributed by atoms with Gasteiger partial charge < -0.3 is 19.9 Å². The van der Waals surface area contributed by atoms with Crippen LogP contribution in [-0.4, -0.2) is 39.4 Å². The molecular formula is C15H18ClN5O3. The van der Waals surface area contributed by atoms with Crippen LogP contribution in [0.3, 0.4) is 0 Å². The smallest absolute Gasteiger partial charge is 0.356 e. The molecule has 0 spiro atoms. The van der Waals surface area contributed by atoms with Gasteiger partial charge in [0.25, 0.3) is 0 Å². The van der Waals surface area contributed by atoms with Crippen molar-refractivity contribution in [3.63, 3.8) is 0 Å². The summed E-state index contributed by atoms with van der Waals surface area (Å²) in [5, 5.41) is 5.73. The van der Waals surface area contributed by atoms with Crippen LogP contribution in [-0.2, 0) is 22.6 Å². The van der Waals surface area contributed by atoms with Gasteiger partial charge in [-0.15, -0.1) is 11.6 Å². The average molecular weight is 352 g/mol. The summed E-state index contributed by atoms with van der Waals surface area (Å²) in [6, 6.07) is 3.04. The first-order chi connectivity index (χ1) is 11.6. The lowest BCUT2D eigenvalue weighted by molar-refractivity contribution is -0.113. The zero-order valence-electron chi connectivity index (χ0n) is 13.4. The van der Waals surface area contributed by atoms with Crippen molar-refractivity contribution >= 4 is 35.0 Å². The number of hydrogen-bond donors (Lipinski definition) is 2. The molecule has 2 rings (SSSR count). The molecule has 128 valence electrons. The van der Waals surface area contributed by atoms with Crippen molar-refractivity contribution in [2.45, 2.75) is 20.0 Å². The molecule has 0 bridgehead atoms. The highest BCUT2D eigenvalue weighted by Crippen LogP contribution is 2.21. The van der Waals surface area contributed by atoms with Gasteiger partial charge in [-0.1, -0.05) is 0 Å². The number of alkyl halides is 1. The van der Waals surface area contributed by atoms with Crippen molar-refractivity contribution in [2.75, 3.05) is 23.6 Å². The molecule has 2 aromatic heterocycles. The van der Waals surface area contributed by atoms with Crippen molar-refractivity contribution in [1.82, 2.24) is 14.5 Å². The maximum atomic E-state index is 11.7. The Labute approximate surface area is 144 Å². The number of hydrogen-bond acceptors (Lipinski definition) is 6. The van der Waals surface area contributed by atoms with Gasteiger partial charge in [-0.2, -0.15) is 0 Å². The molecule has 0 aliphatic carbocycles. The van der Waals surface area contributed by atoms with Crippen LogP contribution in [0.4, 0.5) is 11.5 Å². The number of pyridine rings is 1. The van der Waals surface area contributed by atoms with Gasteiger partial charge in [0, 0.05) is 12.7 Å². The highest BCUT2D eigenvalue weighted by Gasteiger charge is 2.14. The number of halogens is 1. The number of aromatic nitrogens is 3. The van der Waals surface area contributed by atoms with Gasteiger partial charge in [0.1, 0.15) is 5.88 Å². The fourth-order valence-corrected chi connectivity index (χ4v) is 2.12. The van der Waals surface area contributed by atoms with Gasteiger partial charge in [0.05, 0.1) is 31.4 Å². The number of rotatable bonds is 7. The number of aryl methyl sites for hydroxylation is 1. The molecule has 0 aliphatic heterocycles. The molecule has 0 aromatic carbocycles. The van der Waals surface area contributed by atoms with E-state index < -0.39 is 5.97 Å². The van der Waals surface area contributed by atoms with Crippen LogP contribution in [0, 0.1) is 0 Å². The fraction of sp³-hybridized carbons (Fsp3) is 0.333. The monoisotopic (exact) mass is 351 g/mol. The molecule has 24 heavy (non-hydrogen) atoms. The van der Waals surface area contributed by atoms with Crippen LogP contribution in [0.5, 0.6) is 0 Å². The summed E-state index contributed by atoms with van der Waals surface area (Å²) >= 11 is 5.52. The predicted molar refractivity (Wildman–Crippen MR) is 90.2 cm³/mol. The number of ether oxygens (including phenoxy) is 1. The SMILES string of the molecule is CCn1cncc1CNc1nc(C(=O)OC)ccc1NC(=O)CCl. The Bertz CT molecular complexity index is 732. The molecule has 0 saturated carbocycles. The van der Waals surface area contributed by atoms with Gasteiger partial charge in [0.2, 0.25) is 5.91 Å². The van der Waals surface area contributed by atoms with Gasteiger partial charge in [0.15, 0.2) is 11.5 Å². The molecule has 9 heteroatoms. The number of imidazole rings is 1. The highest BCUT2D eigenvalue weighted by molar-refractivity contribution is 6.29. The molecule has 0 aliphatic rings. The third-order valence-electron chi connectivity index (χ3n) is 3.26. The van der Waals surface area contributed by atoms with Crippen molar-refractivity contribution < 1.29 is 14.3 Å². The molecule has 8 nitrogen and oxygen atoms in total. The quantitative estimate of drug-likeness (QED) is 0.583. The summed E-state index contributed by atoms with van der Waals surface area (Å²) in [6.07, 6.45) is 3.46. The largest absolute Gasteiger partial charge is 0.464 e. The first-order valence-corrected chi connectivity index (χ1v) is 7.80. The topological polar surface area (TPSA) is 98.1 Å². The number of esters is 1. The lowest BCUT2D eigenvalue weighted by Gasteiger charge is -2.13. The minimum Gasteiger partial charge on any atom is -0.464 e. The normalized spacial score (nSPS) is 10.3. The number of amides is 1. The maximum absolute atomic E-state index is 11.7. The van der Waals surface area contributed by atoms with Crippen molar-refractivity contribution in [1.29, 1.82) is 0 Å². The number of carbonyl (C=O) groups is 2. The van der Waals surface area contributed by atoms with E-state index in [-0.39, 0.29) is 17.5 Å². The second-order valence-corrected chi connectivity index (χ2v) is 5.06. The van der Waals surface area contributed by atoms with Crippen LogP contribution in [0.25, 0.3) is 0 Å². The summed E-state index contributed by atoms with van der Waals surface area (Å²) in [4.78, 5) is 31.5. The van der Waals surface area contributed by atoms with Gasteiger partial charge in [-0.05, 0) is 19.1 Å². The van der Waals surface area contributed by atoms with Crippen LogP contribution < -0.4 is 10.6 Å². The Morgan fingerprint density at radius 1 is 1.38 bits per heavy atom. The minimum absolute atomic E-state index is 0.132. The molecule has 0 radical (unpaired) electrons. The fourth-order valence-electron chi connectivity index (χ4n) is 2.05. The van der Waals surface area contributed by atoms with Crippen molar-refractivity contribution in [3.8, 4) is 0 Å². The van der Waals surface area contributed by atoms with Crippen molar-refractivity contribution in [2.24, 2.45) is 0 Å². The summed E-state index contributed by atoms with van der Waals surface area (Å²) < 4.78 is 6.63. The van der Waals surface area contributed by atoms with E-state index in [0.29, 0.717) is 18.1 Å². The molecule has 0 unspecified atom stereocenters. The number of carbonyl (C=O) groups excluding carboxylic acids is 2. The third kappa shape index (κ3) is 4.23. The predicted octanol–water partition coefficient (Wildman–Crippen LogP) is 1.87. The molecular weight excluding hydrogens is 334 g/mol. The third-order valence-corrected chi connectivity index (χ3v) is 3.50. The first-order valence-electron chi connectivity index (χ1n) is 7.27. The van der Waals surface area contributed by atoms with Gasteiger partial charge in [-0.3, -0.25) is 4.79 Å². The Morgan fingerprint density at radius 2 is 2.17 bits per heavy atom. The lowest BCUT2D eigenvalue weighted by atomic mass is 10.3. The highest BCUT2D eigenvalue weighted by atomic mass is 35.5. The summed E-state index contributed by atoms with van der Waals surface area (Å²) in [5.74, 6) is -0.765. The maximum Gasteiger partial charge on any atom is 0.356 e. The zero-order chi connectivity index (χ0) is 17.5. The number of methoxy groups -OCH3 is 1. The summed E-state index contributed by atoms with van der Waals surface area (Å²) in [7, 11) is 1.28. The first kappa shape index (κ1) is 17.7. The Hall–Kier alpha value is -2.61. The number of nitrogens with zero attached hydrogens (tertiary/aromatic N) is 3. The van der Waals surface area contributed by atoms with Crippen molar-refractivity contribution in [3.05, 3.63) is 36.0 Å². The van der Waals surface area contributed by atoms with E-state index in [2.05, 4.69) is 25.3 Å². The van der Waals surface area contributed by atoms with E-state index in [1.807, 2.05) is 11.5 Å². The van der Waals surface area contributed by atoms with Crippen LogP contribution in [0.2, 0.25) is 0 Å². The summed E-state index contributed by atoms with van der Waals surface area (Å²) in [5.41, 5.74) is 1.50. The van der Waals surface area contributed by atoms with E-state index in [0.717, 1.165) is 12.2 Å². The molecule has 2 heterocycles. The molecule has 0 saturated heterocycles. The van der Waals surface area contributed by atoms with E-state index in [1.165, 1.54) is 13.2 Å². The second kappa shape index (κ2) is 8.30. The zero-order valence-corrected chi connectivity index (χ0v) is 14.1. The molecule has 1 amide bonds. The van der Waals surface area contributed by atoms with Crippen LogP contribution >= 0.6 is 11.6 Å². The summed E-state index contributed by atoms with van der Waals surface area (Å²) in [6.45, 7) is 3.21.